The van der Waals surface area contributed by atoms with Gasteiger partial charge >= 0.3 is 0 Å². The quantitative estimate of drug-likeness (QED) is 0.392. The van der Waals surface area contributed by atoms with Gasteiger partial charge in [-0.2, -0.15) is 11.8 Å². The summed E-state index contributed by atoms with van der Waals surface area (Å²) in [6.07, 6.45) is 0.879. The van der Waals surface area contributed by atoms with Crippen molar-refractivity contribution in [3.05, 3.63) is 69.7 Å². The molecule has 0 spiro atoms. The maximum atomic E-state index is 13.3. The maximum Gasteiger partial charge on any atom is 0.243 e. The van der Waals surface area contributed by atoms with Crippen LogP contribution in [0.4, 0.5) is 0 Å². The van der Waals surface area contributed by atoms with Crippen molar-refractivity contribution in [2.45, 2.75) is 64.4 Å². The molecule has 0 aromatic heterocycles. The molecule has 2 rings (SSSR count). The molecule has 2 amide bonds. The topological polar surface area (TPSA) is 49.4 Å². The first-order chi connectivity index (χ1) is 15.1. The summed E-state index contributed by atoms with van der Waals surface area (Å²) in [4.78, 5) is 27.9. The summed E-state index contributed by atoms with van der Waals surface area (Å²) in [6.45, 7) is 8.02. The van der Waals surface area contributed by atoms with Gasteiger partial charge in [0.1, 0.15) is 6.04 Å². The summed E-state index contributed by atoms with van der Waals surface area (Å²) >= 11 is 13.9. The van der Waals surface area contributed by atoms with Crippen LogP contribution in [0.5, 0.6) is 0 Å². The number of carbonyl (C=O) groups is 2. The fourth-order valence-electron chi connectivity index (χ4n) is 3.27. The summed E-state index contributed by atoms with van der Waals surface area (Å²) in [5.41, 5.74) is 1.69. The second-order valence-corrected chi connectivity index (χ2v) is 10.6. The molecular formula is C25H32Cl2N2O2S. The monoisotopic (exact) mass is 494 g/mol. The zero-order valence-corrected chi connectivity index (χ0v) is 21.5. The van der Waals surface area contributed by atoms with Gasteiger partial charge in [-0.05, 0) is 50.5 Å². The number of nitrogens with zero attached hydrogens (tertiary/aromatic N) is 1. The van der Waals surface area contributed by atoms with Crippen LogP contribution >= 0.6 is 35.0 Å². The molecule has 1 atom stereocenters. The lowest BCUT2D eigenvalue weighted by atomic mass is 10.1. The average molecular weight is 496 g/mol. The van der Waals surface area contributed by atoms with E-state index >= 15 is 0 Å². The minimum absolute atomic E-state index is 0.0486. The summed E-state index contributed by atoms with van der Waals surface area (Å²) in [6, 6.07) is 14.9. The van der Waals surface area contributed by atoms with Crippen molar-refractivity contribution >= 4 is 46.8 Å². The zero-order chi connectivity index (χ0) is 23.7. The Morgan fingerprint density at radius 2 is 1.72 bits per heavy atom. The lowest BCUT2D eigenvalue weighted by molar-refractivity contribution is -0.141. The predicted octanol–water partition coefficient (Wildman–Crippen LogP) is 6.34. The Labute approximate surface area is 206 Å². The molecule has 0 saturated heterocycles. The van der Waals surface area contributed by atoms with E-state index in [4.69, 9.17) is 23.2 Å². The van der Waals surface area contributed by atoms with Gasteiger partial charge in [-0.3, -0.25) is 9.59 Å². The first-order valence-electron chi connectivity index (χ1n) is 10.8. The minimum atomic E-state index is -0.560. The predicted molar refractivity (Wildman–Crippen MR) is 136 cm³/mol. The molecule has 0 heterocycles. The van der Waals surface area contributed by atoms with Crippen LogP contribution < -0.4 is 5.32 Å². The van der Waals surface area contributed by atoms with Crippen LogP contribution in [0.3, 0.4) is 0 Å². The van der Waals surface area contributed by atoms with Gasteiger partial charge in [-0.15, -0.1) is 0 Å². The molecule has 0 saturated carbocycles. The molecule has 0 aliphatic carbocycles. The zero-order valence-electron chi connectivity index (χ0n) is 19.2. The molecule has 2 aromatic rings. The van der Waals surface area contributed by atoms with Crippen LogP contribution in [-0.2, 0) is 21.9 Å². The minimum Gasteiger partial charge on any atom is -0.350 e. The Hall–Kier alpha value is -1.69. The van der Waals surface area contributed by atoms with E-state index in [-0.39, 0.29) is 17.4 Å². The van der Waals surface area contributed by atoms with Crippen molar-refractivity contribution in [2.75, 3.05) is 5.75 Å². The maximum absolute atomic E-state index is 13.3. The Morgan fingerprint density at radius 3 is 2.31 bits per heavy atom. The Kier molecular flexibility index (Phi) is 10.4. The van der Waals surface area contributed by atoms with Crippen molar-refractivity contribution in [3.63, 3.8) is 0 Å². The molecule has 1 unspecified atom stereocenters. The molecule has 0 aliphatic rings. The molecule has 0 fully saturated rings. The van der Waals surface area contributed by atoms with E-state index in [1.165, 1.54) is 5.56 Å². The summed E-state index contributed by atoms with van der Waals surface area (Å²) in [5.74, 6) is 1.34. The molecule has 0 aliphatic heterocycles. The van der Waals surface area contributed by atoms with Gasteiger partial charge < -0.3 is 10.2 Å². The van der Waals surface area contributed by atoms with Gasteiger partial charge in [-0.1, -0.05) is 66.5 Å². The number of carbonyl (C=O) groups excluding carboxylic acids is 2. The second kappa shape index (κ2) is 12.5. The summed E-state index contributed by atoms with van der Waals surface area (Å²) in [5, 5.41) is 3.91. The number of halogens is 2. The van der Waals surface area contributed by atoms with E-state index in [0.717, 1.165) is 11.3 Å². The highest BCUT2D eigenvalue weighted by Crippen LogP contribution is 2.24. The molecule has 4 nitrogen and oxygen atoms in total. The van der Waals surface area contributed by atoms with Crippen LogP contribution in [0.1, 0.15) is 51.7 Å². The number of rotatable bonds is 10. The van der Waals surface area contributed by atoms with E-state index in [2.05, 4.69) is 17.4 Å². The van der Waals surface area contributed by atoms with Crippen LogP contribution in [0.15, 0.2) is 48.5 Å². The third kappa shape index (κ3) is 8.68. The highest BCUT2D eigenvalue weighted by atomic mass is 35.5. The van der Waals surface area contributed by atoms with Crippen molar-refractivity contribution < 1.29 is 9.59 Å². The summed E-state index contributed by atoms with van der Waals surface area (Å²) < 4.78 is 0. The summed E-state index contributed by atoms with van der Waals surface area (Å²) in [7, 11) is 0. The number of benzene rings is 2. The molecule has 0 radical (unpaired) electrons. The van der Waals surface area contributed by atoms with Crippen molar-refractivity contribution in [1.29, 1.82) is 0 Å². The van der Waals surface area contributed by atoms with Crippen LogP contribution in [0, 0.1) is 0 Å². The average Bonchev–Trinajstić information content (AvgIpc) is 2.73. The molecular weight excluding hydrogens is 463 g/mol. The van der Waals surface area contributed by atoms with E-state index < -0.39 is 6.04 Å². The number of hydrogen-bond donors (Lipinski definition) is 1. The fraction of sp³-hybridized carbons (Fsp3) is 0.440. The molecule has 1 N–H and O–H groups in total. The standard InChI is InChI=1S/C25H32Cl2N2O2S/c1-5-22(24(31)28-25(2,3)4)29(16-19-11-12-20(26)21(27)15-19)23(30)13-14-32-17-18-9-7-6-8-10-18/h6-12,15,22H,5,13-14,16-17H2,1-4H3,(H,28,31). The van der Waals surface area contributed by atoms with Gasteiger partial charge in [-0.25, -0.2) is 0 Å². The Bertz CT molecular complexity index is 901. The number of hydrogen-bond acceptors (Lipinski definition) is 3. The molecule has 7 heteroatoms. The van der Waals surface area contributed by atoms with Gasteiger partial charge in [0.15, 0.2) is 0 Å². The lowest BCUT2D eigenvalue weighted by Crippen LogP contribution is -2.53. The fourth-order valence-corrected chi connectivity index (χ4v) is 4.49. The highest BCUT2D eigenvalue weighted by molar-refractivity contribution is 7.98. The largest absolute Gasteiger partial charge is 0.350 e. The van der Waals surface area contributed by atoms with E-state index in [9.17, 15) is 9.59 Å². The second-order valence-electron chi connectivity index (χ2n) is 8.72. The van der Waals surface area contributed by atoms with Crippen molar-refractivity contribution in [2.24, 2.45) is 0 Å². The molecule has 174 valence electrons. The molecule has 32 heavy (non-hydrogen) atoms. The van der Waals surface area contributed by atoms with E-state index in [1.54, 1.807) is 28.8 Å². The third-order valence-electron chi connectivity index (χ3n) is 4.79. The van der Waals surface area contributed by atoms with E-state index in [0.29, 0.717) is 35.2 Å². The molecule has 0 bridgehead atoms. The van der Waals surface area contributed by atoms with Gasteiger partial charge in [0.25, 0.3) is 0 Å². The van der Waals surface area contributed by atoms with Crippen LogP contribution in [0.25, 0.3) is 0 Å². The number of amides is 2. The highest BCUT2D eigenvalue weighted by Gasteiger charge is 2.30. The Morgan fingerprint density at radius 1 is 1.03 bits per heavy atom. The Balaban J connectivity index is 2.12. The van der Waals surface area contributed by atoms with Gasteiger partial charge in [0.05, 0.1) is 10.0 Å². The third-order valence-corrected chi connectivity index (χ3v) is 6.56. The first kappa shape index (κ1) is 26.6. The number of nitrogens with one attached hydrogen (secondary N) is 1. The van der Waals surface area contributed by atoms with Gasteiger partial charge in [0, 0.05) is 30.0 Å². The smallest absolute Gasteiger partial charge is 0.243 e. The molecule has 2 aromatic carbocycles. The van der Waals surface area contributed by atoms with E-state index in [1.807, 2.05) is 52.0 Å². The van der Waals surface area contributed by atoms with Crippen molar-refractivity contribution in [1.82, 2.24) is 10.2 Å². The normalized spacial score (nSPS) is 12.3. The SMILES string of the molecule is CCC(C(=O)NC(C)(C)C)N(Cc1ccc(Cl)c(Cl)c1)C(=O)CCSCc1ccccc1. The van der Waals surface area contributed by atoms with Crippen LogP contribution in [0.2, 0.25) is 10.0 Å². The number of thioether (sulfide) groups is 1. The van der Waals surface area contributed by atoms with Crippen LogP contribution in [-0.4, -0.2) is 34.0 Å². The van der Waals surface area contributed by atoms with Gasteiger partial charge in [0.2, 0.25) is 11.8 Å². The lowest BCUT2D eigenvalue weighted by Gasteiger charge is -2.33. The van der Waals surface area contributed by atoms with Crippen molar-refractivity contribution in [3.8, 4) is 0 Å². The first-order valence-corrected chi connectivity index (χ1v) is 12.7.